The average molecular weight is 369 g/mol. The van der Waals surface area contributed by atoms with Gasteiger partial charge in [0.25, 0.3) is 0 Å². The molecule has 1 aliphatic carbocycles. The molecule has 27 heavy (non-hydrogen) atoms. The molecule has 3 rings (SSSR count). The highest BCUT2D eigenvalue weighted by Gasteiger charge is 2.28. The van der Waals surface area contributed by atoms with E-state index in [0.29, 0.717) is 18.9 Å². The number of aliphatic imine (C=N–C) groups is 1. The molecule has 0 spiro atoms. The third-order valence-corrected chi connectivity index (χ3v) is 5.44. The average Bonchev–Trinajstić information content (AvgIpc) is 2.62. The zero-order chi connectivity index (χ0) is 19.2. The van der Waals surface area contributed by atoms with Crippen molar-refractivity contribution < 1.29 is 4.39 Å². The van der Waals surface area contributed by atoms with E-state index in [9.17, 15) is 4.39 Å². The first-order valence-corrected chi connectivity index (χ1v) is 9.69. The van der Waals surface area contributed by atoms with Gasteiger partial charge in [0.1, 0.15) is 0 Å². The summed E-state index contributed by atoms with van der Waals surface area (Å²) in [5.41, 5.74) is 6.22. The highest BCUT2D eigenvalue weighted by molar-refractivity contribution is 6.14. The van der Waals surface area contributed by atoms with Crippen molar-refractivity contribution in [1.82, 2.24) is 15.6 Å². The molecule has 1 aromatic heterocycles. The molecule has 0 aromatic carbocycles. The molecule has 0 saturated heterocycles. The molecule has 1 aromatic rings. The van der Waals surface area contributed by atoms with Crippen molar-refractivity contribution in [2.24, 2.45) is 10.9 Å². The van der Waals surface area contributed by atoms with Crippen LogP contribution >= 0.6 is 0 Å². The van der Waals surface area contributed by atoms with E-state index in [1.165, 1.54) is 19.3 Å². The number of alkyl halides is 1. The lowest BCUT2D eigenvalue weighted by molar-refractivity contribution is 0.378. The van der Waals surface area contributed by atoms with Gasteiger partial charge in [-0.3, -0.25) is 14.4 Å². The van der Waals surface area contributed by atoms with E-state index in [-0.39, 0.29) is 12.7 Å². The molecular formula is C22H29FN4. The van der Waals surface area contributed by atoms with E-state index < -0.39 is 0 Å². The van der Waals surface area contributed by atoms with Crippen LogP contribution in [-0.4, -0.2) is 30.5 Å². The number of hydrogen-bond donors (Lipinski definition) is 2. The van der Waals surface area contributed by atoms with Crippen LogP contribution in [0, 0.1) is 12.8 Å². The van der Waals surface area contributed by atoms with Gasteiger partial charge in [-0.1, -0.05) is 19.1 Å². The molecule has 0 bridgehead atoms. The quantitative estimate of drug-likeness (QED) is 0.734. The van der Waals surface area contributed by atoms with Gasteiger partial charge in [0, 0.05) is 42.8 Å². The minimum atomic E-state index is -0.372. The Kier molecular flexibility index (Phi) is 6.56. The van der Waals surface area contributed by atoms with E-state index >= 15 is 0 Å². The summed E-state index contributed by atoms with van der Waals surface area (Å²) in [5.74, 6) is 0.561. The highest BCUT2D eigenvalue weighted by atomic mass is 19.1. The SMILES string of the molecule is C=C(C1=NC=CC(NC)/C1=C\NCc1cnc(CCF)c(C)c1)C1CCC1. The third-order valence-electron chi connectivity index (χ3n) is 5.44. The standard InChI is InChI=1S/C22H29FN4/c1-15-11-17(13-27-20(15)7-9-23)12-25-14-19-21(24-3)8-10-26-22(19)16(2)18-5-4-6-18/h8,10-11,13-14,18,21,24-25H,2,4-7,9,12H2,1,3H3/b19-14+. The van der Waals surface area contributed by atoms with Crippen molar-refractivity contribution in [3.8, 4) is 0 Å². The molecular weight excluding hydrogens is 339 g/mol. The Morgan fingerprint density at radius 2 is 2.22 bits per heavy atom. The fourth-order valence-electron chi connectivity index (χ4n) is 3.55. The Morgan fingerprint density at radius 3 is 2.85 bits per heavy atom. The van der Waals surface area contributed by atoms with E-state index in [4.69, 9.17) is 0 Å². The van der Waals surface area contributed by atoms with Crippen LogP contribution in [0.25, 0.3) is 0 Å². The number of pyridine rings is 1. The Balaban J connectivity index is 1.71. The molecule has 5 heteroatoms. The van der Waals surface area contributed by atoms with Crippen molar-refractivity contribution in [3.63, 3.8) is 0 Å². The van der Waals surface area contributed by atoms with Crippen LogP contribution in [0.15, 0.2) is 53.5 Å². The second-order valence-electron chi connectivity index (χ2n) is 7.27. The summed E-state index contributed by atoms with van der Waals surface area (Å²) in [4.78, 5) is 9.01. The number of halogens is 1. The Morgan fingerprint density at radius 1 is 1.41 bits per heavy atom. The Bertz CT molecular complexity index is 775. The largest absolute Gasteiger partial charge is 0.386 e. The van der Waals surface area contributed by atoms with Gasteiger partial charge < -0.3 is 10.6 Å². The number of allylic oxidation sites excluding steroid dienone is 1. The lowest BCUT2D eigenvalue weighted by atomic mass is 9.76. The van der Waals surface area contributed by atoms with Crippen molar-refractivity contribution in [1.29, 1.82) is 0 Å². The minimum absolute atomic E-state index is 0.119. The topological polar surface area (TPSA) is 49.3 Å². The Labute approximate surface area is 161 Å². The zero-order valence-electron chi connectivity index (χ0n) is 16.3. The second kappa shape index (κ2) is 9.09. The third kappa shape index (κ3) is 4.53. The van der Waals surface area contributed by atoms with Gasteiger partial charge in [-0.2, -0.15) is 0 Å². The lowest BCUT2D eigenvalue weighted by Crippen LogP contribution is -2.34. The number of nitrogens with zero attached hydrogens (tertiary/aromatic N) is 2. The van der Waals surface area contributed by atoms with E-state index in [1.54, 1.807) is 0 Å². The molecule has 1 aliphatic heterocycles. The first-order valence-electron chi connectivity index (χ1n) is 9.69. The summed E-state index contributed by atoms with van der Waals surface area (Å²) in [6, 6.07) is 2.19. The number of aromatic nitrogens is 1. The summed E-state index contributed by atoms with van der Waals surface area (Å²) in [6.07, 6.45) is 11.9. The van der Waals surface area contributed by atoms with Crippen LogP contribution in [-0.2, 0) is 13.0 Å². The van der Waals surface area contributed by atoms with Crippen LogP contribution in [0.2, 0.25) is 0 Å². The van der Waals surface area contributed by atoms with E-state index in [2.05, 4.69) is 39.3 Å². The van der Waals surface area contributed by atoms with Gasteiger partial charge in [0.15, 0.2) is 0 Å². The molecule has 144 valence electrons. The number of nitrogens with one attached hydrogen (secondary N) is 2. The van der Waals surface area contributed by atoms with Crippen LogP contribution in [0.5, 0.6) is 0 Å². The van der Waals surface area contributed by atoms with Crippen LogP contribution in [0.1, 0.15) is 36.1 Å². The highest BCUT2D eigenvalue weighted by Crippen LogP contribution is 2.35. The van der Waals surface area contributed by atoms with Gasteiger partial charge >= 0.3 is 0 Å². The van der Waals surface area contributed by atoms with Crippen molar-refractivity contribution in [3.05, 3.63) is 65.3 Å². The maximum atomic E-state index is 12.5. The van der Waals surface area contributed by atoms with Gasteiger partial charge in [0.05, 0.1) is 18.4 Å². The van der Waals surface area contributed by atoms with Crippen LogP contribution < -0.4 is 10.6 Å². The van der Waals surface area contributed by atoms with Gasteiger partial charge in [-0.05, 0) is 55.5 Å². The number of hydrogen-bond acceptors (Lipinski definition) is 4. The van der Waals surface area contributed by atoms with Gasteiger partial charge in [0.2, 0.25) is 0 Å². The van der Waals surface area contributed by atoms with Gasteiger partial charge in [-0.15, -0.1) is 0 Å². The normalized spacial score (nSPS) is 21.1. The molecule has 4 nitrogen and oxygen atoms in total. The lowest BCUT2D eigenvalue weighted by Gasteiger charge is -2.31. The van der Waals surface area contributed by atoms with Crippen molar-refractivity contribution >= 4 is 5.71 Å². The Hall–Kier alpha value is -2.27. The summed E-state index contributed by atoms with van der Waals surface area (Å²) >= 11 is 0. The summed E-state index contributed by atoms with van der Waals surface area (Å²) < 4.78 is 12.5. The minimum Gasteiger partial charge on any atom is -0.386 e. The molecule has 2 heterocycles. The molecule has 1 fully saturated rings. The van der Waals surface area contributed by atoms with Crippen molar-refractivity contribution in [2.45, 2.75) is 45.2 Å². The molecule has 1 atom stereocenters. The predicted octanol–water partition coefficient (Wildman–Crippen LogP) is 3.79. The maximum absolute atomic E-state index is 12.5. The van der Waals surface area contributed by atoms with E-state index in [1.807, 2.05) is 32.6 Å². The summed E-state index contributed by atoms with van der Waals surface area (Å²) in [7, 11) is 1.95. The molecule has 2 N–H and O–H groups in total. The molecule has 1 saturated carbocycles. The number of rotatable bonds is 8. The predicted molar refractivity (Wildman–Crippen MR) is 109 cm³/mol. The maximum Gasteiger partial charge on any atom is 0.0949 e. The fourth-order valence-corrected chi connectivity index (χ4v) is 3.55. The number of aryl methyl sites for hydroxylation is 2. The number of likely N-dealkylation sites (N-methyl/N-ethyl adjacent to an activating group) is 1. The smallest absolute Gasteiger partial charge is 0.0949 e. The molecule has 1 unspecified atom stereocenters. The fraction of sp³-hybridized carbons (Fsp3) is 0.455. The van der Waals surface area contributed by atoms with Crippen molar-refractivity contribution in [2.75, 3.05) is 13.7 Å². The molecule has 2 aliphatic rings. The van der Waals surface area contributed by atoms with E-state index in [0.717, 1.165) is 33.7 Å². The van der Waals surface area contributed by atoms with Gasteiger partial charge in [-0.25, -0.2) is 0 Å². The van der Waals surface area contributed by atoms with Crippen LogP contribution in [0.4, 0.5) is 4.39 Å². The summed E-state index contributed by atoms with van der Waals surface area (Å²) in [6.45, 7) is 6.60. The first kappa shape index (κ1) is 19.5. The zero-order valence-corrected chi connectivity index (χ0v) is 16.3. The second-order valence-corrected chi connectivity index (χ2v) is 7.27. The summed E-state index contributed by atoms with van der Waals surface area (Å²) in [5, 5.41) is 6.73. The monoisotopic (exact) mass is 368 g/mol. The molecule has 0 amide bonds. The molecule has 0 radical (unpaired) electrons. The first-order chi connectivity index (χ1) is 13.1. The van der Waals surface area contributed by atoms with Crippen LogP contribution in [0.3, 0.4) is 0 Å².